The lowest BCUT2D eigenvalue weighted by atomic mass is 9.82. The van der Waals surface area contributed by atoms with Crippen molar-refractivity contribution in [3.63, 3.8) is 0 Å². The van der Waals surface area contributed by atoms with Gasteiger partial charge in [-0.15, -0.1) is 0 Å². The molecule has 0 spiro atoms. The molecule has 1 aliphatic rings. The number of nitrogens with zero attached hydrogens (tertiary/aromatic N) is 1. The van der Waals surface area contributed by atoms with Crippen LogP contribution < -0.4 is 5.32 Å². The number of carbonyl (C=O) groups excluding carboxylic acids is 1. The minimum absolute atomic E-state index is 0.0120. The summed E-state index contributed by atoms with van der Waals surface area (Å²) in [6, 6.07) is 1.86. The van der Waals surface area contributed by atoms with Crippen molar-refractivity contribution >= 4 is 28.6 Å². The highest BCUT2D eigenvalue weighted by atomic mass is 127. The Kier molecular flexibility index (Phi) is 6.72. The lowest BCUT2D eigenvalue weighted by Gasteiger charge is -2.32. The average molecular weight is 372 g/mol. The van der Waals surface area contributed by atoms with Gasteiger partial charge in [-0.05, 0) is 23.7 Å². The molecule has 102 valence electrons. The first kappa shape index (κ1) is 15.8. The molecule has 19 heavy (non-hydrogen) atoms. The van der Waals surface area contributed by atoms with Gasteiger partial charge in [-0.3, -0.25) is 0 Å². The number of ether oxygens (including phenoxy) is 1. The molecule has 5 heteroatoms. The third kappa shape index (κ3) is 4.76. The van der Waals surface area contributed by atoms with E-state index in [9.17, 15) is 4.79 Å². The molecule has 0 radical (unpaired) electrons. The van der Waals surface area contributed by atoms with Crippen molar-refractivity contribution in [1.82, 2.24) is 5.32 Å². The zero-order valence-corrected chi connectivity index (χ0v) is 13.1. The van der Waals surface area contributed by atoms with Crippen LogP contribution in [0.1, 0.15) is 39.0 Å². The summed E-state index contributed by atoms with van der Waals surface area (Å²) in [4.78, 5) is 11.5. The first-order valence-corrected chi connectivity index (χ1v) is 7.43. The van der Waals surface area contributed by atoms with E-state index in [1.54, 1.807) is 6.92 Å². The molecular formula is C14H17IN2O2. The number of rotatable bonds is 4. The van der Waals surface area contributed by atoms with Crippen molar-refractivity contribution in [3.8, 4) is 15.9 Å². The van der Waals surface area contributed by atoms with E-state index in [4.69, 9.17) is 10.00 Å². The molecule has 0 unspecified atom stereocenters. The number of nitriles is 1. The molecule has 0 aliphatic heterocycles. The molecule has 1 fully saturated rings. The van der Waals surface area contributed by atoms with Crippen LogP contribution in [-0.2, 0) is 9.53 Å². The largest absolute Gasteiger partial charge is 0.462 e. The first-order valence-electron chi connectivity index (χ1n) is 6.35. The molecule has 0 heterocycles. The van der Waals surface area contributed by atoms with Gasteiger partial charge in [0.2, 0.25) is 0 Å². The monoisotopic (exact) mass is 372 g/mol. The second kappa shape index (κ2) is 8.06. The van der Waals surface area contributed by atoms with Gasteiger partial charge in [0.25, 0.3) is 0 Å². The lowest BCUT2D eigenvalue weighted by molar-refractivity contribution is -0.138. The summed E-state index contributed by atoms with van der Waals surface area (Å²) in [5.74, 6) is 2.58. The molecular weight excluding hydrogens is 355 g/mol. The van der Waals surface area contributed by atoms with Crippen molar-refractivity contribution in [2.24, 2.45) is 0 Å². The minimum Gasteiger partial charge on any atom is -0.462 e. The maximum atomic E-state index is 11.5. The third-order valence-electron chi connectivity index (χ3n) is 3.10. The van der Waals surface area contributed by atoms with Gasteiger partial charge >= 0.3 is 5.97 Å². The SMILES string of the molecule is CCOC(=O)/C(C#N)=C/NC1(C#CI)CCCCC1. The van der Waals surface area contributed by atoms with E-state index in [1.165, 1.54) is 12.6 Å². The fourth-order valence-corrected chi connectivity index (χ4v) is 2.62. The quantitative estimate of drug-likeness (QED) is 0.271. The predicted octanol–water partition coefficient (Wildman–Crippen LogP) is 2.65. The fourth-order valence-electron chi connectivity index (χ4n) is 2.11. The van der Waals surface area contributed by atoms with Crippen LogP contribution in [-0.4, -0.2) is 18.1 Å². The second-order valence-corrected chi connectivity index (χ2v) is 4.94. The summed E-state index contributed by atoms with van der Waals surface area (Å²) in [6.07, 6.45) is 6.73. The standard InChI is InChI=1S/C14H17IN2O2/c1-2-19-13(18)12(10-16)11-17-14(8-9-15)6-4-3-5-7-14/h11,17H,2-7H2,1H3/b12-11+. The van der Waals surface area contributed by atoms with Gasteiger partial charge in [-0.1, -0.05) is 25.2 Å². The summed E-state index contributed by atoms with van der Waals surface area (Å²) >= 11 is 2.01. The number of nitrogens with one attached hydrogen (secondary N) is 1. The number of hydrogen-bond donors (Lipinski definition) is 1. The van der Waals surface area contributed by atoms with Crippen LogP contribution in [0.15, 0.2) is 11.8 Å². The molecule has 4 nitrogen and oxygen atoms in total. The smallest absolute Gasteiger partial charge is 0.350 e. The van der Waals surface area contributed by atoms with Crippen LogP contribution in [0.4, 0.5) is 0 Å². The van der Waals surface area contributed by atoms with Crippen LogP contribution in [0.5, 0.6) is 0 Å². The molecule has 0 atom stereocenters. The number of hydrogen-bond acceptors (Lipinski definition) is 4. The summed E-state index contributed by atoms with van der Waals surface area (Å²) in [7, 11) is 0. The van der Waals surface area contributed by atoms with Gasteiger partial charge in [-0.2, -0.15) is 5.26 Å². The van der Waals surface area contributed by atoms with Gasteiger partial charge < -0.3 is 10.1 Å². The average Bonchev–Trinajstić information content (AvgIpc) is 2.41. The Morgan fingerprint density at radius 2 is 2.16 bits per heavy atom. The molecule has 0 bridgehead atoms. The Hall–Kier alpha value is -1.21. The molecule has 0 aromatic heterocycles. The zero-order valence-electron chi connectivity index (χ0n) is 11.0. The summed E-state index contributed by atoms with van der Waals surface area (Å²) < 4.78 is 7.72. The highest BCUT2D eigenvalue weighted by Gasteiger charge is 2.29. The predicted molar refractivity (Wildman–Crippen MR) is 81.1 cm³/mol. The molecule has 1 aliphatic carbocycles. The summed E-state index contributed by atoms with van der Waals surface area (Å²) in [6.45, 7) is 1.97. The second-order valence-electron chi connectivity index (χ2n) is 4.40. The van der Waals surface area contributed by atoms with Crippen LogP contribution in [0, 0.1) is 21.2 Å². The van der Waals surface area contributed by atoms with Gasteiger partial charge in [-0.25, -0.2) is 4.79 Å². The van der Waals surface area contributed by atoms with E-state index < -0.39 is 5.97 Å². The number of esters is 1. The summed E-state index contributed by atoms with van der Waals surface area (Å²) in [5.41, 5.74) is -0.323. The van der Waals surface area contributed by atoms with E-state index in [2.05, 4.69) is 15.2 Å². The molecule has 1 rings (SSSR count). The van der Waals surface area contributed by atoms with E-state index in [0.29, 0.717) is 0 Å². The van der Waals surface area contributed by atoms with Crippen LogP contribution in [0.3, 0.4) is 0 Å². The first-order chi connectivity index (χ1) is 9.17. The molecule has 1 N–H and O–H groups in total. The molecule has 1 saturated carbocycles. The van der Waals surface area contributed by atoms with Gasteiger partial charge in [0, 0.05) is 28.8 Å². The number of carbonyl (C=O) groups is 1. The van der Waals surface area contributed by atoms with Crippen molar-refractivity contribution in [1.29, 1.82) is 5.26 Å². The van der Waals surface area contributed by atoms with Crippen LogP contribution in [0.2, 0.25) is 0 Å². The van der Waals surface area contributed by atoms with E-state index >= 15 is 0 Å². The highest BCUT2D eigenvalue weighted by Crippen LogP contribution is 2.28. The van der Waals surface area contributed by atoms with Gasteiger partial charge in [0.05, 0.1) is 12.1 Å². The maximum absolute atomic E-state index is 11.5. The zero-order chi connectivity index (χ0) is 14.1. The molecule has 0 amide bonds. The van der Waals surface area contributed by atoms with Crippen LogP contribution >= 0.6 is 22.6 Å². The maximum Gasteiger partial charge on any atom is 0.350 e. The van der Waals surface area contributed by atoms with E-state index in [1.807, 2.05) is 28.7 Å². The Morgan fingerprint density at radius 1 is 1.47 bits per heavy atom. The lowest BCUT2D eigenvalue weighted by Crippen LogP contribution is -2.43. The Balaban J connectivity index is 2.81. The van der Waals surface area contributed by atoms with Crippen LogP contribution in [0.25, 0.3) is 0 Å². The van der Waals surface area contributed by atoms with Gasteiger partial charge in [0.1, 0.15) is 6.07 Å². The topological polar surface area (TPSA) is 62.1 Å². The Bertz CT molecular complexity index is 448. The molecule has 0 aromatic carbocycles. The van der Waals surface area contributed by atoms with Crippen molar-refractivity contribution in [2.75, 3.05) is 6.61 Å². The molecule has 0 saturated heterocycles. The van der Waals surface area contributed by atoms with Crippen molar-refractivity contribution < 1.29 is 9.53 Å². The van der Waals surface area contributed by atoms with Gasteiger partial charge in [0.15, 0.2) is 5.57 Å². The van der Waals surface area contributed by atoms with Crippen molar-refractivity contribution in [3.05, 3.63) is 11.8 Å². The number of halogens is 1. The third-order valence-corrected chi connectivity index (χ3v) is 3.37. The highest BCUT2D eigenvalue weighted by molar-refractivity contribution is 14.1. The Morgan fingerprint density at radius 3 is 2.68 bits per heavy atom. The minimum atomic E-state index is -0.592. The van der Waals surface area contributed by atoms with E-state index in [0.717, 1.165) is 25.7 Å². The summed E-state index contributed by atoms with van der Waals surface area (Å²) in [5, 5.41) is 12.1. The normalized spacial score (nSPS) is 17.6. The van der Waals surface area contributed by atoms with E-state index in [-0.39, 0.29) is 17.7 Å². The Labute approximate surface area is 127 Å². The fraction of sp³-hybridized carbons (Fsp3) is 0.571. The molecule has 0 aromatic rings. The van der Waals surface area contributed by atoms with Crippen molar-refractivity contribution in [2.45, 2.75) is 44.6 Å².